The van der Waals surface area contributed by atoms with E-state index in [1.807, 2.05) is 12.1 Å². The number of rotatable bonds is 6. The minimum absolute atomic E-state index is 0.0280. The van der Waals surface area contributed by atoms with Gasteiger partial charge in [-0.1, -0.05) is 18.2 Å². The summed E-state index contributed by atoms with van der Waals surface area (Å²) in [5.74, 6) is -1.20. The number of nitrogens with one attached hydrogen (secondary N) is 1. The molecule has 1 saturated heterocycles. The van der Waals surface area contributed by atoms with Crippen molar-refractivity contribution < 1.29 is 22.4 Å². The van der Waals surface area contributed by atoms with Crippen LogP contribution in [0.2, 0.25) is 0 Å². The van der Waals surface area contributed by atoms with Crippen molar-refractivity contribution in [2.45, 2.75) is 31.9 Å². The van der Waals surface area contributed by atoms with Crippen LogP contribution in [0.1, 0.15) is 30.5 Å². The summed E-state index contributed by atoms with van der Waals surface area (Å²) in [5, 5.41) is 8.03. The van der Waals surface area contributed by atoms with Gasteiger partial charge in [-0.2, -0.15) is 18.3 Å². The molecule has 0 spiro atoms. The lowest BCUT2D eigenvalue weighted by Crippen LogP contribution is -2.49. The van der Waals surface area contributed by atoms with E-state index in [2.05, 4.69) is 15.2 Å². The molecule has 1 aromatic carbocycles. The van der Waals surface area contributed by atoms with Crippen LogP contribution < -0.4 is 10.5 Å². The Bertz CT molecular complexity index is 1240. The Morgan fingerprint density at radius 2 is 1.76 bits per heavy atom. The summed E-state index contributed by atoms with van der Waals surface area (Å²) >= 11 is 0. The SMILES string of the molecule is O=C(CCCCc1n[nH]c(=O)c2ccccc12)N1CCN(c2ncc(C(F)(F)F)cc2F)CC1. The number of hydrogen-bond acceptors (Lipinski definition) is 5. The van der Waals surface area contributed by atoms with Gasteiger partial charge >= 0.3 is 6.18 Å². The molecule has 0 radical (unpaired) electrons. The predicted molar refractivity (Wildman–Crippen MR) is 118 cm³/mol. The van der Waals surface area contributed by atoms with E-state index < -0.39 is 17.6 Å². The molecule has 4 rings (SSSR count). The molecule has 3 heterocycles. The maximum absolute atomic E-state index is 14.2. The van der Waals surface area contributed by atoms with Crippen molar-refractivity contribution in [1.29, 1.82) is 0 Å². The first kappa shape index (κ1) is 23.7. The van der Waals surface area contributed by atoms with Crippen molar-refractivity contribution >= 4 is 22.5 Å². The Morgan fingerprint density at radius 1 is 1.06 bits per heavy atom. The standard InChI is InChI=1S/C23H23F4N5O2/c24-18-13-15(23(25,26)27)14-28-21(18)32-11-9-31(10-12-32)20(33)8-4-3-7-19-16-5-1-2-6-17(16)22(34)30-29-19/h1-2,5-6,13-14H,3-4,7-12H2,(H,30,34). The summed E-state index contributed by atoms with van der Waals surface area (Å²) in [7, 11) is 0. The van der Waals surface area contributed by atoms with Gasteiger partial charge in [0.25, 0.3) is 5.56 Å². The maximum atomic E-state index is 14.2. The molecular formula is C23H23F4N5O2. The number of halogens is 4. The Hall–Kier alpha value is -3.50. The Balaban J connectivity index is 1.26. The second kappa shape index (κ2) is 9.78. The van der Waals surface area contributed by atoms with Gasteiger partial charge in [0.05, 0.1) is 16.6 Å². The Labute approximate surface area is 192 Å². The summed E-state index contributed by atoms with van der Waals surface area (Å²) in [4.78, 5) is 31.3. The molecule has 2 aromatic heterocycles. The van der Waals surface area contributed by atoms with E-state index in [1.54, 1.807) is 21.9 Å². The summed E-state index contributed by atoms with van der Waals surface area (Å²) in [6.45, 7) is 1.25. The summed E-state index contributed by atoms with van der Waals surface area (Å²) < 4.78 is 52.3. The number of H-pyrrole nitrogens is 1. The van der Waals surface area contributed by atoms with E-state index in [0.29, 0.717) is 50.0 Å². The second-order valence-corrected chi connectivity index (χ2v) is 8.15. The van der Waals surface area contributed by atoms with Crippen LogP contribution in [0.5, 0.6) is 0 Å². The fraction of sp³-hybridized carbons (Fsp3) is 0.391. The van der Waals surface area contributed by atoms with Crippen molar-refractivity contribution in [3.05, 3.63) is 64.0 Å². The van der Waals surface area contributed by atoms with Gasteiger partial charge in [-0.15, -0.1) is 0 Å². The van der Waals surface area contributed by atoms with Gasteiger partial charge in [-0.3, -0.25) is 9.59 Å². The van der Waals surface area contributed by atoms with E-state index in [-0.39, 0.29) is 30.4 Å². The van der Waals surface area contributed by atoms with Crippen LogP contribution in [0.3, 0.4) is 0 Å². The lowest BCUT2D eigenvalue weighted by atomic mass is 10.1. The summed E-state index contributed by atoms with van der Waals surface area (Å²) in [6, 6.07) is 7.69. The third-order valence-electron chi connectivity index (χ3n) is 5.91. The lowest BCUT2D eigenvalue weighted by molar-refractivity contribution is -0.138. The predicted octanol–water partition coefficient (Wildman–Crippen LogP) is 3.54. The molecule has 7 nitrogen and oxygen atoms in total. The minimum Gasteiger partial charge on any atom is -0.351 e. The van der Waals surface area contributed by atoms with Gasteiger partial charge in [-0.05, 0) is 31.4 Å². The molecule has 3 aromatic rings. The highest BCUT2D eigenvalue weighted by Crippen LogP contribution is 2.31. The van der Waals surface area contributed by atoms with Crippen molar-refractivity contribution in [3.8, 4) is 0 Å². The maximum Gasteiger partial charge on any atom is 0.417 e. The number of hydrogen-bond donors (Lipinski definition) is 1. The lowest BCUT2D eigenvalue weighted by Gasteiger charge is -2.35. The quantitative estimate of drug-likeness (QED) is 0.434. The van der Waals surface area contributed by atoms with Crippen LogP contribution in [-0.4, -0.2) is 52.2 Å². The molecule has 0 saturated carbocycles. The number of piperazine rings is 1. The number of nitrogens with zero attached hydrogens (tertiary/aromatic N) is 4. The fourth-order valence-electron chi connectivity index (χ4n) is 4.07. The molecule has 0 aliphatic carbocycles. The van der Waals surface area contributed by atoms with Crippen LogP contribution in [0, 0.1) is 5.82 Å². The molecule has 1 fully saturated rings. The van der Waals surface area contributed by atoms with E-state index in [1.165, 1.54) is 0 Å². The van der Waals surface area contributed by atoms with Gasteiger partial charge in [0.1, 0.15) is 0 Å². The molecule has 0 bridgehead atoms. The highest BCUT2D eigenvalue weighted by molar-refractivity contribution is 5.83. The number of carbonyl (C=O) groups is 1. The average molecular weight is 477 g/mol. The summed E-state index contributed by atoms with van der Waals surface area (Å²) in [5.41, 5.74) is -0.588. The smallest absolute Gasteiger partial charge is 0.351 e. The van der Waals surface area contributed by atoms with Crippen LogP contribution in [-0.2, 0) is 17.4 Å². The number of benzene rings is 1. The number of aromatic nitrogens is 3. The molecule has 1 aliphatic heterocycles. The molecule has 0 unspecified atom stereocenters. The third kappa shape index (κ3) is 5.18. The number of fused-ring (bicyclic) bond motifs is 1. The highest BCUT2D eigenvalue weighted by Gasteiger charge is 2.33. The van der Waals surface area contributed by atoms with Gasteiger partial charge in [0.15, 0.2) is 11.6 Å². The van der Waals surface area contributed by atoms with Crippen molar-refractivity contribution in [2.75, 3.05) is 31.1 Å². The topological polar surface area (TPSA) is 82.2 Å². The highest BCUT2D eigenvalue weighted by atomic mass is 19.4. The molecule has 34 heavy (non-hydrogen) atoms. The first-order valence-corrected chi connectivity index (χ1v) is 11.0. The zero-order valence-corrected chi connectivity index (χ0v) is 18.2. The van der Waals surface area contributed by atoms with Crippen LogP contribution in [0.4, 0.5) is 23.4 Å². The van der Waals surface area contributed by atoms with Gasteiger partial charge in [-0.25, -0.2) is 14.5 Å². The number of carbonyl (C=O) groups excluding carboxylic acids is 1. The third-order valence-corrected chi connectivity index (χ3v) is 5.91. The summed E-state index contributed by atoms with van der Waals surface area (Å²) in [6.07, 6.45) is -1.71. The van der Waals surface area contributed by atoms with E-state index in [4.69, 9.17) is 0 Å². The molecule has 1 amide bonds. The largest absolute Gasteiger partial charge is 0.417 e. The number of aryl methyl sites for hydroxylation is 1. The van der Waals surface area contributed by atoms with Crippen LogP contribution in [0.25, 0.3) is 10.8 Å². The normalized spacial score (nSPS) is 14.6. The van der Waals surface area contributed by atoms with Gasteiger partial charge in [0.2, 0.25) is 5.91 Å². The van der Waals surface area contributed by atoms with E-state index in [9.17, 15) is 27.2 Å². The van der Waals surface area contributed by atoms with Gasteiger partial charge < -0.3 is 9.80 Å². The Kier molecular flexibility index (Phi) is 6.80. The number of pyridine rings is 1. The first-order chi connectivity index (χ1) is 16.2. The van der Waals surface area contributed by atoms with Crippen molar-refractivity contribution in [1.82, 2.24) is 20.1 Å². The number of amides is 1. The number of aromatic amines is 1. The van der Waals surface area contributed by atoms with Crippen LogP contribution in [0.15, 0.2) is 41.3 Å². The van der Waals surface area contributed by atoms with E-state index >= 15 is 0 Å². The van der Waals surface area contributed by atoms with Crippen molar-refractivity contribution in [2.24, 2.45) is 0 Å². The average Bonchev–Trinajstić information content (AvgIpc) is 2.82. The van der Waals surface area contributed by atoms with Crippen LogP contribution >= 0.6 is 0 Å². The number of alkyl halides is 3. The fourth-order valence-corrected chi connectivity index (χ4v) is 4.07. The first-order valence-electron chi connectivity index (χ1n) is 11.0. The zero-order chi connectivity index (χ0) is 24.3. The number of anilines is 1. The molecule has 1 N–H and O–H groups in total. The second-order valence-electron chi connectivity index (χ2n) is 8.15. The Morgan fingerprint density at radius 3 is 2.44 bits per heavy atom. The molecule has 1 aliphatic rings. The van der Waals surface area contributed by atoms with E-state index in [0.717, 1.165) is 17.5 Å². The minimum atomic E-state index is -4.65. The molecular weight excluding hydrogens is 454 g/mol. The number of unbranched alkanes of at least 4 members (excludes halogenated alkanes) is 1. The molecule has 180 valence electrons. The zero-order valence-electron chi connectivity index (χ0n) is 18.2. The monoisotopic (exact) mass is 477 g/mol. The molecule has 0 atom stereocenters. The van der Waals surface area contributed by atoms with Gasteiger partial charge in [0, 0.05) is 44.2 Å². The molecule has 11 heteroatoms. The van der Waals surface area contributed by atoms with Crippen molar-refractivity contribution in [3.63, 3.8) is 0 Å².